The van der Waals surface area contributed by atoms with E-state index in [9.17, 15) is 8.78 Å². The number of hydrogen-bond donors (Lipinski definition) is 1. The van der Waals surface area contributed by atoms with Gasteiger partial charge in [-0.25, -0.2) is 18.7 Å². The van der Waals surface area contributed by atoms with Crippen LogP contribution < -0.4 is 5.32 Å². The monoisotopic (exact) mass is 380 g/mol. The van der Waals surface area contributed by atoms with E-state index in [-0.39, 0.29) is 17.7 Å². The smallest absolute Gasteiger partial charge is 0.280 e. The van der Waals surface area contributed by atoms with Crippen LogP contribution in [-0.4, -0.2) is 63.5 Å². The molecule has 1 saturated heterocycles. The summed E-state index contributed by atoms with van der Waals surface area (Å²) in [6.45, 7) is 10.5. The van der Waals surface area contributed by atoms with Gasteiger partial charge in [-0.05, 0) is 26.8 Å². The molecule has 0 saturated carbocycles. The fraction of sp³-hybridized carbons (Fsp3) is 0.611. The van der Waals surface area contributed by atoms with E-state index in [0.717, 1.165) is 44.1 Å². The predicted octanol–water partition coefficient (Wildman–Crippen LogP) is 2.74. The summed E-state index contributed by atoms with van der Waals surface area (Å²) < 4.78 is 33.9. The molecule has 7 nitrogen and oxygen atoms in total. The van der Waals surface area contributed by atoms with Crippen LogP contribution in [0.2, 0.25) is 0 Å². The average molecular weight is 380 g/mol. The topological polar surface area (TPSA) is 68.1 Å². The number of nitrogens with zero attached hydrogens (tertiary/aromatic N) is 5. The summed E-state index contributed by atoms with van der Waals surface area (Å²) in [5.74, 6) is 0.215. The summed E-state index contributed by atoms with van der Waals surface area (Å²) in [6.07, 6.45) is -0.999. The first-order valence-electron chi connectivity index (χ1n) is 9.24. The molecule has 148 valence electrons. The number of aromatic nitrogens is 4. The van der Waals surface area contributed by atoms with Crippen molar-refractivity contribution in [3.8, 4) is 11.3 Å². The molecule has 1 aliphatic rings. The summed E-state index contributed by atoms with van der Waals surface area (Å²) in [6, 6.07) is 1.36. The van der Waals surface area contributed by atoms with E-state index in [0.29, 0.717) is 12.2 Å². The zero-order valence-electron chi connectivity index (χ0n) is 16.0. The molecule has 27 heavy (non-hydrogen) atoms. The minimum absolute atomic E-state index is 0.0170. The minimum atomic E-state index is -2.66. The lowest BCUT2D eigenvalue weighted by molar-refractivity contribution is 0.0367. The lowest BCUT2D eigenvalue weighted by atomic mass is 10.1. The minimum Gasteiger partial charge on any atom is -0.379 e. The van der Waals surface area contributed by atoms with Gasteiger partial charge >= 0.3 is 0 Å². The lowest BCUT2D eigenvalue weighted by Crippen LogP contribution is -2.42. The Morgan fingerprint density at radius 3 is 2.63 bits per heavy atom. The number of nitrogens with one attached hydrogen (secondary N) is 1. The number of alkyl halides is 2. The van der Waals surface area contributed by atoms with Crippen LogP contribution in [-0.2, 0) is 11.3 Å². The summed E-state index contributed by atoms with van der Waals surface area (Å²) in [5.41, 5.74) is 1.80. The molecule has 0 aliphatic carbocycles. The van der Waals surface area contributed by atoms with Crippen LogP contribution in [0.4, 0.5) is 14.7 Å². The highest BCUT2D eigenvalue weighted by molar-refractivity contribution is 5.62. The molecule has 9 heteroatoms. The number of hydrogen-bond acceptors (Lipinski definition) is 6. The van der Waals surface area contributed by atoms with Crippen molar-refractivity contribution < 1.29 is 13.5 Å². The zero-order chi connectivity index (χ0) is 19.4. The van der Waals surface area contributed by atoms with Gasteiger partial charge in [-0.15, -0.1) is 0 Å². The molecular weight excluding hydrogens is 354 g/mol. The maximum atomic E-state index is 13.4. The van der Waals surface area contributed by atoms with Crippen molar-refractivity contribution in [1.82, 2.24) is 24.6 Å². The summed E-state index contributed by atoms with van der Waals surface area (Å²) in [7, 11) is 0. The Balaban J connectivity index is 1.81. The van der Waals surface area contributed by atoms with Crippen LogP contribution in [0, 0.1) is 6.92 Å². The van der Waals surface area contributed by atoms with Gasteiger partial charge in [0.25, 0.3) is 6.43 Å². The van der Waals surface area contributed by atoms with Crippen LogP contribution in [0.3, 0.4) is 0 Å². The maximum absolute atomic E-state index is 13.4. The molecular formula is C18H26F2N6O. The van der Waals surface area contributed by atoms with E-state index in [1.54, 1.807) is 6.20 Å². The first-order valence-corrected chi connectivity index (χ1v) is 9.24. The van der Waals surface area contributed by atoms with Gasteiger partial charge in [-0.1, -0.05) is 0 Å². The number of morpholine rings is 1. The van der Waals surface area contributed by atoms with E-state index in [2.05, 4.69) is 25.3 Å². The number of ether oxygens (including phenoxy) is 1. The van der Waals surface area contributed by atoms with Crippen molar-refractivity contribution >= 4 is 5.95 Å². The average Bonchev–Trinajstić information content (AvgIpc) is 3.02. The number of anilines is 1. The molecule has 2 aromatic heterocycles. The van der Waals surface area contributed by atoms with Crippen LogP contribution in [0.5, 0.6) is 0 Å². The second-order valence-corrected chi connectivity index (χ2v) is 6.72. The molecule has 2 aromatic rings. The third-order valence-electron chi connectivity index (χ3n) is 4.66. The van der Waals surface area contributed by atoms with E-state index in [1.165, 1.54) is 6.07 Å². The van der Waals surface area contributed by atoms with Crippen LogP contribution in [0.1, 0.15) is 31.7 Å². The highest BCUT2D eigenvalue weighted by atomic mass is 19.3. The highest BCUT2D eigenvalue weighted by Gasteiger charge is 2.19. The Labute approximate surface area is 157 Å². The molecule has 1 aliphatic heterocycles. The van der Waals surface area contributed by atoms with E-state index >= 15 is 0 Å². The molecule has 3 heterocycles. The van der Waals surface area contributed by atoms with Gasteiger partial charge in [0.15, 0.2) is 0 Å². The normalized spacial score (nSPS) is 16.7. The largest absolute Gasteiger partial charge is 0.379 e. The summed E-state index contributed by atoms with van der Waals surface area (Å²) in [5, 5.41) is 7.45. The van der Waals surface area contributed by atoms with E-state index < -0.39 is 6.43 Å². The molecule has 3 rings (SSSR count). The fourth-order valence-corrected chi connectivity index (χ4v) is 3.23. The molecule has 0 spiro atoms. The molecule has 0 aromatic carbocycles. The number of aryl methyl sites for hydroxylation is 1. The third-order valence-corrected chi connectivity index (χ3v) is 4.66. The number of halogens is 2. The predicted molar refractivity (Wildman–Crippen MR) is 99.0 cm³/mol. The Bertz CT molecular complexity index is 760. The van der Waals surface area contributed by atoms with E-state index in [1.807, 2.05) is 25.5 Å². The second kappa shape index (κ2) is 8.71. The van der Waals surface area contributed by atoms with Crippen LogP contribution in [0.15, 0.2) is 12.3 Å². The van der Waals surface area contributed by atoms with Crippen molar-refractivity contribution in [3.05, 3.63) is 23.7 Å². The van der Waals surface area contributed by atoms with Gasteiger partial charge in [0.1, 0.15) is 5.69 Å². The second-order valence-electron chi connectivity index (χ2n) is 6.72. The molecule has 0 unspecified atom stereocenters. The molecule has 1 fully saturated rings. The van der Waals surface area contributed by atoms with E-state index in [4.69, 9.17) is 4.74 Å². The molecule has 0 bridgehead atoms. The molecule has 1 atom stereocenters. The maximum Gasteiger partial charge on any atom is 0.280 e. The van der Waals surface area contributed by atoms with Crippen molar-refractivity contribution in [2.24, 2.45) is 0 Å². The highest BCUT2D eigenvalue weighted by Crippen LogP contribution is 2.27. The van der Waals surface area contributed by atoms with Crippen molar-refractivity contribution in [3.63, 3.8) is 0 Å². The quantitative estimate of drug-likeness (QED) is 0.797. The first kappa shape index (κ1) is 19.6. The van der Waals surface area contributed by atoms with Gasteiger partial charge in [0.2, 0.25) is 5.95 Å². The van der Waals surface area contributed by atoms with Gasteiger partial charge in [0.05, 0.1) is 25.1 Å². The fourth-order valence-electron chi connectivity index (χ4n) is 3.23. The summed E-state index contributed by atoms with van der Waals surface area (Å²) in [4.78, 5) is 10.8. The van der Waals surface area contributed by atoms with Crippen molar-refractivity contribution in [1.29, 1.82) is 0 Å². The van der Waals surface area contributed by atoms with Crippen molar-refractivity contribution in [2.45, 2.75) is 39.8 Å². The first-order chi connectivity index (χ1) is 13.0. The van der Waals surface area contributed by atoms with Crippen LogP contribution in [0.25, 0.3) is 11.3 Å². The van der Waals surface area contributed by atoms with Gasteiger partial charge in [0, 0.05) is 43.5 Å². The zero-order valence-corrected chi connectivity index (χ0v) is 16.0. The molecule has 0 amide bonds. The number of rotatable bonds is 7. The van der Waals surface area contributed by atoms with Gasteiger partial charge in [-0.2, -0.15) is 5.10 Å². The van der Waals surface area contributed by atoms with Gasteiger partial charge in [-0.3, -0.25) is 9.58 Å². The molecule has 1 N–H and O–H groups in total. The Morgan fingerprint density at radius 1 is 1.26 bits per heavy atom. The Morgan fingerprint density at radius 2 is 2.00 bits per heavy atom. The standard InChI is InChI=1S/C18H26F2N6O/c1-4-26-13(3)14(10-21-26)15-9-16(17(19)20)24-18(23-15)22-12(2)11-25-5-7-27-8-6-25/h9-10,12,17H,4-8,11H2,1-3H3,(H,22,23,24)/t12-/m1/s1. The Kier molecular flexibility index (Phi) is 6.33. The van der Waals surface area contributed by atoms with Crippen molar-refractivity contribution in [2.75, 3.05) is 38.2 Å². The lowest BCUT2D eigenvalue weighted by Gasteiger charge is -2.29. The third kappa shape index (κ3) is 4.78. The Hall–Kier alpha value is -2.13. The molecule has 0 radical (unpaired) electrons. The summed E-state index contributed by atoms with van der Waals surface area (Å²) >= 11 is 0. The van der Waals surface area contributed by atoms with Crippen LogP contribution >= 0.6 is 0 Å². The van der Waals surface area contributed by atoms with Gasteiger partial charge < -0.3 is 10.1 Å². The SMILES string of the molecule is CCn1ncc(-c2cc(C(F)F)nc(N[C@H](C)CN3CCOCC3)n2)c1C.